The molecule has 11 heavy (non-hydrogen) atoms. The van der Waals surface area contributed by atoms with Gasteiger partial charge in [0.15, 0.2) is 0 Å². The van der Waals surface area contributed by atoms with Crippen molar-refractivity contribution in [2.24, 2.45) is 5.92 Å². The lowest BCUT2D eigenvalue weighted by Crippen LogP contribution is -2.25. The van der Waals surface area contributed by atoms with Gasteiger partial charge < -0.3 is 14.9 Å². The Hall–Kier alpha value is -0.610. The molecule has 0 spiro atoms. The average Bonchev–Trinajstić information content (AvgIpc) is 1.98. The van der Waals surface area contributed by atoms with E-state index in [2.05, 4.69) is 4.74 Å². The lowest BCUT2D eigenvalue weighted by atomic mass is 10.1. The zero-order valence-corrected chi connectivity index (χ0v) is 6.78. The number of esters is 1. The Labute approximate surface area is 65.8 Å². The fourth-order valence-corrected chi connectivity index (χ4v) is 0.475. The number of carbonyl (C=O) groups excluding carboxylic acids is 1. The third-order valence-corrected chi connectivity index (χ3v) is 1.43. The molecule has 0 saturated heterocycles. The molecule has 0 aliphatic heterocycles. The molecule has 0 bridgehead atoms. The van der Waals surface area contributed by atoms with E-state index in [4.69, 9.17) is 10.2 Å². The highest BCUT2D eigenvalue weighted by atomic mass is 16.5. The first-order valence-corrected chi connectivity index (χ1v) is 3.55. The van der Waals surface area contributed by atoms with Gasteiger partial charge in [0.05, 0.1) is 18.6 Å². The maximum absolute atomic E-state index is 10.9. The van der Waals surface area contributed by atoms with E-state index in [1.165, 1.54) is 6.92 Å². The minimum Gasteiger partial charge on any atom is -0.463 e. The van der Waals surface area contributed by atoms with E-state index in [0.29, 0.717) is 0 Å². The van der Waals surface area contributed by atoms with Crippen molar-refractivity contribution >= 4 is 5.97 Å². The highest BCUT2D eigenvalue weighted by Crippen LogP contribution is 2.03. The van der Waals surface area contributed by atoms with Gasteiger partial charge in [0.2, 0.25) is 0 Å². The molecule has 0 saturated carbocycles. The summed E-state index contributed by atoms with van der Waals surface area (Å²) < 4.78 is 4.57. The van der Waals surface area contributed by atoms with E-state index in [-0.39, 0.29) is 13.2 Å². The first kappa shape index (κ1) is 10.4. The maximum Gasteiger partial charge on any atom is 0.311 e. The van der Waals surface area contributed by atoms with E-state index < -0.39 is 18.0 Å². The molecule has 0 aromatic carbocycles. The third-order valence-electron chi connectivity index (χ3n) is 1.43. The second-order valence-corrected chi connectivity index (χ2v) is 2.42. The van der Waals surface area contributed by atoms with Crippen LogP contribution in [-0.4, -0.2) is 35.5 Å². The highest BCUT2D eigenvalue weighted by molar-refractivity contribution is 5.72. The number of aliphatic hydroxyl groups excluding tert-OH is 2. The Morgan fingerprint density at radius 2 is 2.09 bits per heavy atom. The van der Waals surface area contributed by atoms with Crippen LogP contribution in [0.1, 0.15) is 13.8 Å². The van der Waals surface area contributed by atoms with E-state index in [1.807, 2.05) is 0 Å². The summed E-state index contributed by atoms with van der Waals surface area (Å²) in [6.07, 6.45) is -0.707. The van der Waals surface area contributed by atoms with Crippen LogP contribution in [0.5, 0.6) is 0 Å². The molecule has 2 N–H and O–H groups in total. The number of hydrogen-bond acceptors (Lipinski definition) is 4. The van der Waals surface area contributed by atoms with Crippen molar-refractivity contribution in [1.82, 2.24) is 0 Å². The van der Waals surface area contributed by atoms with Crippen LogP contribution in [0.2, 0.25) is 0 Å². The molecular weight excluding hydrogens is 148 g/mol. The summed E-state index contributed by atoms with van der Waals surface area (Å²) in [6, 6.07) is 0. The Kier molecular flexibility index (Phi) is 4.81. The number of rotatable bonds is 4. The molecular formula is C7H14O4. The highest BCUT2D eigenvalue weighted by Gasteiger charge is 2.18. The van der Waals surface area contributed by atoms with Crippen LogP contribution in [0.3, 0.4) is 0 Å². The largest absolute Gasteiger partial charge is 0.463 e. The topological polar surface area (TPSA) is 66.8 Å². The number of hydrogen-bond donors (Lipinski definition) is 2. The van der Waals surface area contributed by atoms with Crippen molar-refractivity contribution in [3.63, 3.8) is 0 Å². The van der Waals surface area contributed by atoms with Gasteiger partial charge in [0, 0.05) is 0 Å². The fraction of sp³-hybridized carbons (Fsp3) is 0.857. The predicted octanol–water partition coefficient (Wildman–Crippen LogP) is -0.461. The standard InChI is InChI=1S/C7H14O4/c1-5(6(2)9)7(10)11-4-3-8/h5-6,8-9H,3-4H2,1-2H3/t5-,6+/m0/s1. The molecule has 0 radical (unpaired) electrons. The molecule has 2 atom stereocenters. The normalized spacial score (nSPS) is 15.6. The molecule has 0 heterocycles. The second kappa shape index (κ2) is 5.09. The molecule has 0 rings (SSSR count). The zero-order chi connectivity index (χ0) is 8.85. The minimum absolute atomic E-state index is 0.00407. The van der Waals surface area contributed by atoms with E-state index in [9.17, 15) is 4.79 Å². The van der Waals surface area contributed by atoms with Gasteiger partial charge in [0.1, 0.15) is 6.61 Å². The molecule has 0 aromatic heterocycles. The zero-order valence-electron chi connectivity index (χ0n) is 6.78. The van der Waals surface area contributed by atoms with E-state index in [1.54, 1.807) is 6.92 Å². The molecule has 0 fully saturated rings. The van der Waals surface area contributed by atoms with Gasteiger partial charge in [-0.15, -0.1) is 0 Å². The maximum atomic E-state index is 10.9. The van der Waals surface area contributed by atoms with Crippen LogP contribution in [0.15, 0.2) is 0 Å². The molecule has 0 unspecified atom stereocenters. The van der Waals surface area contributed by atoms with Gasteiger partial charge in [-0.25, -0.2) is 0 Å². The first-order valence-electron chi connectivity index (χ1n) is 3.55. The summed E-state index contributed by atoms with van der Waals surface area (Å²) >= 11 is 0. The van der Waals surface area contributed by atoms with Gasteiger partial charge in [0.25, 0.3) is 0 Å². The van der Waals surface area contributed by atoms with Crippen LogP contribution < -0.4 is 0 Å². The van der Waals surface area contributed by atoms with E-state index >= 15 is 0 Å². The van der Waals surface area contributed by atoms with E-state index in [0.717, 1.165) is 0 Å². The molecule has 0 aromatic rings. The van der Waals surface area contributed by atoms with Gasteiger partial charge in [-0.05, 0) is 13.8 Å². The number of ether oxygens (including phenoxy) is 1. The van der Waals surface area contributed by atoms with Gasteiger partial charge in [-0.3, -0.25) is 4.79 Å². The predicted molar refractivity (Wildman–Crippen MR) is 38.9 cm³/mol. The second-order valence-electron chi connectivity index (χ2n) is 2.42. The van der Waals surface area contributed by atoms with Crippen molar-refractivity contribution in [2.75, 3.05) is 13.2 Å². The molecule has 0 aliphatic carbocycles. The van der Waals surface area contributed by atoms with Gasteiger partial charge in [-0.2, -0.15) is 0 Å². The Morgan fingerprint density at radius 3 is 2.45 bits per heavy atom. The lowest BCUT2D eigenvalue weighted by Gasteiger charge is -2.12. The van der Waals surface area contributed by atoms with Gasteiger partial charge in [-0.1, -0.05) is 0 Å². The lowest BCUT2D eigenvalue weighted by molar-refractivity contribution is -0.152. The summed E-state index contributed by atoms with van der Waals surface area (Å²) in [5.41, 5.74) is 0. The molecule has 66 valence electrons. The summed E-state index contributed by atoms with van der Waals surface area (Å²) in [5.74, 6) is -1.00. The SMILES string of the molecule is C[C@H](C(=O)OCCO)[C@@H](C)O. The summed E-state index contributed by atoms with van der Waals surface area (Å²) in [7, 11) is 0. The fourth-order valence-electron chi connectivity index (χ4n) is 0.475. The van der Waals surface area contributed by atoms with Gasteiger partial charge >= 0.3 is 5.97 Å². The average molecular weight is 162 g/mol. The smallest absolute Gasteiger partial charge is 0.311 e. The molecule has 4 heteroatoms. The van der Waals surface area contributed by atoms with Crippen molar-refractivity contribution in [1.29, 1.82) is 0 Å². The number of aliphatic hydroxyl groups is 2. The van der Waals surface area contributed by atoms with Crippen LogP contribution >= 0.6 is 0 Å². The molecule has 0 aliphatic rings. The molecule has 4 nitrogen and oxygen atoms in total. The first-order chi connectivity index (χ1) is 5.09. The summed E-state index contributed by atoms with van der Waals surface area (Å²) in [6.45, 7) is 2.91. The van der Waals surface area contributed by atoms with Crippen LogP contribution in [0.4, 0.5) is 0 Å². The Bertz CT molecular complexity index is 122. The van der Waals surface area contributed by atoms with Crippen molar-refractivity contribution in [3.8, 4) is 0 Å². The summed E-state index contributed by atoms with van der Waals surface area (Å²) in [4.78, 5) is 10.9. The van der Waals surface area contributed by atoms with Crippen molar-refractivity contribution in [2.45, 2.75) is 20.0 Å². The van der Waals surface area contributed by atoms with Crippen molar-refractivity contribution < 1.29 is 19.7 Å². The van der Waals surface area contributed by atoms with Crippen molar-refractivity contribution in [3.05, 3.63) is 0 Å². The quantitative estimate of drug-likeness (QED) is 0.549. The number of carbonyl (C=O) groups is 1. The van der Waals surface area contributed by atoms with Crippen LogP contribution in [0.25, 0.3) is 0 Å². The van der Waals surface area contributed by atoms with Crippen LogP contribution in [0, 0.1) is 5.92 Å². The monoisotopic (exact) mass is 162 g/mol. The van der Waals surface area contributed by atoms with Crippen LogP contribution in [-0.2, 0) is 9.53 Å². The molecule has 0 amide bonds. The Balaban J connectivity index is 3.64. The summed E-state index contributed by atoms with van der Waals surface area (Å²) in [5, 5.41) is 17.2. The minimum atomic E-state index is -0.707. The Morgan fingerprint density at radius 1 is 1.55 bits per heavy atom. The third kappa shape index (κ3) is 3.95.